The second kappa shape index (κ2) is 13.8. The van der Waals surface area contributed by atoms with Gasteiger partial charge in [0, 0.05) is 27.7 Å². The summed E-state index contributed by atoms with van der Waals surface area (Å²) in [5.41, 5.74) is -1.02. The first-order chi connectivity index (χ1) is 19.0. The standard InChI is InChI=1S/C25H28N4O10S/c1-13-23(34)29(26-11-18-9-7-6-8-10-18)25(28-27-13)40-24-22(38-17(5)33)21(37-16(4)32)20(36-15(3)31)19(39-24)12-35-14(2)30/h6-11,19-22,24H,12H2,1-5H3/b26-11+/t19-,20-,21+,22-,24-/m1/s1. The van der Waals surface area contributed by atoms with Crippen LogP contribution in [0.5, 0.6) is 0 Å². The summed E-state index contributed by atoms with van der Waals surface area (Å²) < 4.78 is 28.4. The molecule has 214 valence electrons. The highest BCUT2D eigenvalue weighted by Crippen LogP contribution is 2.36. The molecule has 40 heavy (non-hydrogen) atoms. The van der Waals surface area contributed by atoms with Crippen LogP contribution in [0.25, 0.3) is 0 Å². The average Bonchev–Trinajstić information content (AvgIpc) is 2.88. The molecule has 3 rings (SSSR count). The predicted octanol–water partition coefficient (Wildman–Crippen LogP) is 1.00. The van der Waals surface area contributed by atoms with Crippen LogP contribution < -0.4 is 5.56 Å². The van der Waals surface area contributed by atoms with Crippen LogP contribution in [-0.4, -0.2) is 81.4 Å². The Morgan fingerprint density at radius 1 is 0.925 bits per heavy atom. The second-order valence-electron chi connectivity index (χ2n) is 8.53. The summed E-state index contributed by atoms with van der Waals surface area (Å²) in [5.74, 6) is -2.92. The summed E-state index contributed by atoms with van der Waals surface area (Å²) in [6, 6.07) is 8.98. The van der Waals surface area contributed by atoms with Crippen molar-refractivity contribution in [1.82, 2.24) is 14.9 Å². The third-order valence-electron chi connectivity index (χ3n) is 5.26. The van der Waals surface area contributed by atoms with Crippen LogP contribution in [0.2, 0.25) is 0 Å². The van der Waals surface area contributed by atoms with Gasteiger partial charge in [-0.25, -0.2) is 0 Å². The van der Waals surface area contributed by atoms with Crippen LogP contribution in [0.3, 0.4) is 0 Å². The van der Waals surface area contributed by atoms with Gasteiger partial charge in [0.25, 0.3) is 5.56 Å². The van der Waals surface area contributed by atoms with Crippen molar-refractivity contribution in [3.63, 3.8) is 0 Å². The Labute approximate surface area is 233 Å². The zero-order chi connectivity index (χ0) is 29.4. The zero-order valence-corrected chi connectivity index (χ0v) is 23.2. The van der Waals surface area contributed by atoms with E-state index in [9.17, 15) is 24.0 Å². The van der Waals surface area contributed by atoms with E-state index in [-0.39, 0.29) is 10.9 Å². The normalized spacial score (nSPS) is 22.4. The van der Waals surface area contributed by atoms with E-state index in [1.165, 1.54) is 20.1 Å². The lowest BCUT2D eigenvalue weighted by atomic mass is 9.99. The zero-order valence-electron chi connectivity index (χ0n) is 22.3. The maximum absolute atomic E-state index is 13.0. The molecule has 2 aromatic rings. The Kier molecular flexibility index (Phi) is 10.5. The molecule has 0 amide bonds. The molecular weight excluding hydrogens is 548 g/mol. The number of esters is 4. The molecule has 1 aromatic heterocycles. The fourth-order valence-electron chi connectivity index (χ4n) is 3.67. The Morgan fingerprint density at radius 3 is 2.12 bits per heavy atom. The number of rotatable bonds is 9. The van der Waals surface area contributed by atoms with E-state index in [1.54, 1.807) is 24.3 Å². The van der Waals surface area contributed by atoms with Gasteiger partial charge in [0.05, 0.1) is 6.21 Å². The van der Waals surface area contributed by atoms with Crippen LogP contribution in [0.15, 0.2) is 45.4 Å². The summed E-state index contributed by atoms with van der Waals surface area (Å²) in [6.07, 6.45) is -3.76. The molecule has 2 heterocycles. The fraction of sp³-hybridized carbons (Fsp3) is 0.440. The number of ether oxygens (including phenoxy) is 5. The monoisotopic (exact) mass is 576 g/mol. The summed E-state index contributed by atoms with van der Waals surface area (Å²) >= 11 is 0.793. The number of thioether (sulfide) groups is 1. The Morgan fingerprint density at radius 2 is 1.52 bits per heavy atom. The highest BCUT2D eigenvalue weighted by Gasteiger charge is 2.52. The predicted molar refractivity (Wildman–Crippen MR) is 138 cm³/mol. The van der Waals surface area contributed by atoms with Crippen LogP contribution in [0.1, 0.15) is 39.0 Å². The lowest BCUT2D eigenvalue weighted by Crippen LogP contribution is -2.61. The largest absolute Gasteiger partial charge is 0.463 e. The first-order valence-electron chi connectivity index (χ1n) is 12.0. The number of hydrogen-bond donors (Lipinski definition) is 0. The molecule has 1 aromatic carbocycles. The quantitative estimate of drug-likeness (QED) is 0.235. The molecular formula is C25H28N4O10S. The van der Waals surface area contributed by atoms with Crippen molar-refractivity contribution >= 4 is 41.9 Å². The van der Waals surface area contributed by atoms with Gasteiger partial charge in [-0.15, -0.1) is 10.2 Å². The van der Waals surface area contributed by atoms with Crippen LogP contribution in [-0.2, 0) is 42.9 Å². The molecule has 0 bridgehead atoms. The lowest BCUT2D eigenvalue weighted by Gasteiger charge is -2.43. The van der Waals surface area contributed by atoms with Crippen molar-refractivity contribution < 1.29 is 42.9 Å². The van der Waals surface area contributed by atoms with Crippen molar-refractivity contribution in [3.8, 4) is 0 Å². The summed E-state index contributed by atoms with van der Waals surface area (Å²) in [5, 5.41) is 12.2. The molecule has 1 fully saturated rings. The SMILES string of the molecule is CC(=O)OC[C@H]1O[C@H](Sc2nnc(C)c(=O)n2/N=C/c2ccccc2)[C@H](OC(C)=O)[C@@H](OC(C)=O)[C@@H]1OC(C)=O. The van der Waals surface area contributed by atoms with E-state index in [0.29, 0.717) is 5.56 Å². The van der Waals surface area contributed by atoms with Crippen molar-refractivity contribution in [2.24, 2.45) is 5.10 Å². The van der Waals surface area contributed by atoms with Crippen molar-refractivity contribution in [1.29, 1.82) is 0 Å². The van der Waals surface area contributed by atoms with Crippen LogP contribution >= 0.6 is 11.8 Å². The van der Waals surface area contributed by atoms with Crippen molar-refractivity contribution in [2.45, 2.75) is 69.6 Å². The molecule has 0 N–H and O–H groups in total. The molecule has 1 aliphatic heterocycles. The van der Waals surface area contributed by atoms with E-state index in [2.05, 4.69) is 15.3 Å². The Hall–Kier alpha value is -4.11. The molecule has 14 nitrogen and oxygen atoms in total. The van der Waals surface area contributed by atoms with Gasteiger partial charge in [-0.05, 0) is 24.2 Å². The molecule has 0 radical (unpaired) electrons. The van der Waals surface area contributed by atoms with Crippen molar-refractivity contribution in [3.05, 3.63) is 51.9 Å². The number of benzene rings is 1. The molecule has 0 aliphatic carbocycles. The van der Waals surface area contributed by atoms with E-state index < -0.39 is 65.9 Å². The second-order valence-corrected chi connectivity index (χ2v) is 9.59. The lowest BCUT2D eigenvalue weighted by molar-refractivity contribution is -0.237. The number of carbonyl (C=O) groups excluding carboxylic acids is 4. The summed E-state index contributed by atoms with van der Waals surface area (Å²) in [4.78, 5) is 60.5. The molecule has 5 atom stereocenters. The number of aryl methyl sites for hydroxylation is 1. The van der Waals surface area contributed by atoms with Crippen LogP contribution in [0, 0.1) is 6.92 Å². The van der Waals surface area contributed by atoms with Gasteiger partial charge >= 0.3 is 23.9 Å². The Balaban J connectivity index is 2.07. The average molecular weight is 577 g/mol. The van der Waals surface area contributed by atoms with E-state index in [0.717, 1.165) is 37.2 Å². The first kappa shape index (κ1) is 30.4. The van der Waals surface area contributed by atoms with Gasteiger partial charge in [-0.1, -0.05) is 30.3 Å². The minimum absolute atomic E-state index is 0.0521. The van der Waals surface area contributed by atoms with Gasteiger partial charge in [-0.3, -0.25) is 24.0 Å². The molecule has 0 spiro atoms. The van der Waals surface area contributed by atoms with Gasteiger partial charge in [0.1, 0.15) is 18.4 Å². The topological polar surface area (TPSA) is 175 Å². The third-order valence-corrected chi connectivity index (χ3v) is 6.34. The number of aromatic nitrogens is 3. The minimum Gasteiger partial charge on any atom is -0.463 e. The summed E-state index contributed by atoms with van der Waals surface area (Å²) in [7, 11) is 0. The third kappa shape index (κ3) is 8.19. The highest BCUT2D eigenvalue weighted by atomic mass is 32.2. The maximum atomic E-state index is 13.0. The summed E-state index contributed by atoms with van der Waals surface area (Å²) in [6.45, 7) is 5.62. The van der Waals surface area contributed by atoms with Gasteiger partial charge in [0.15, 0.2) is 23.7 Å². The Bertz CT molecular complexity index is 1330. The fourth-order valence-corrected chi connectivity index (χ4v) is 4.74. The maximum Gasteiger partial charge on any atom is 0.303 e. The van der Waals surface area contributed by atoms with Crippen molar-refractivity contribution in [2.75, 3.05) is 6.61 Å². The van der Waals surface area contributed by atoms with Crippen LogP contribution in [0.4, 0.5) is 0 Å². The van der Waals surface area contributed by atoms with Gasteiger partial charge < -0.3 is 23.7 Å². The number of hydrogen-bond acceptors (Lipinski definition) is 14. The van der Waals surface area contributed by atoms with Gasteiger partial charge in [0.2, 0.25) is 5.16 Å². The molecule has 1 aliphatic rings. The number of nitrogens with zero attached hydrogens (tertiary/aromatic N) is 4. The minimum atomic E-state index is -1.37. The molecule has 1 saturated heterocycles. The first-order valence-corrected chi connectivity index (χ1v) is 12.9. The highest BCUT2D eigenvalue weighted by molar-refractivity contribution is 7.99. The smallest absolute Gasteiger partial charge is 0.303 e. The molecule has 15 heteroatoms. The molecule has 0 unspecified atom stereocenters. The number of carbonyl (C=O) groups is 4. The van der Waals surface area contributed by atoms with E-state index >= 15 is 0 Å². The van der Waals surface area contributed by atoms with E-state index in [4.69, 9.17) is 23.7 Å². The van der Waals surface area contributed by atoms with Gasteiger partial charge in [-0.2, -0.15) is 9.78 Å². The molecule has 0 saturated carbocycles. The van der Waals surface area contributed by atoms with E-state index in [1.807, 2.05) is 6.07 Å².